The fourth-order valence-corrected chi connectivity index (χ4v) is 0.664. The van der Waals surface area contributed by atoms with Crippen molar-refractivity contribution in [3.8, 4) is 0 Å². The molecule has 0 fully saturated rings. The van der Waals surface area contributed by atoms with E-state index in [4.69, 9.17) is 0 Å². The van der Waals surface area contributed by atoms with Gasteiger partial charge in [0, 0.05) is 6.08 Å². The molecule has 0 amide bonds. The average molecular weight is 250 g/mol. The molecule has 2 nitrogen and oxygen atoms in total. The molecule has 8 heteroatoms. The van der Waals surface area contributed by atoms with Gasteiger partial charge in [-0.2, -0.15) is 22.0 Å². The number of halogens is 6. The van der Waals surface area contributed by atoms with Crippen LogP contribution in [-0.4, -0.2) is 30.8 Å². The van der Waals surface area contributed by atoms with Crippen molar-refractivity contribution in [2.75, 3.05) is 6.61 Å². The number of hydrogen-bond acceptors (Lipinski definition) is 2. The first kappa shape index (κ1) is 14.8. The van der Waals surface area contributed by atoms with E-state index >= 15 is 0 Å². The summed E-state index contributed by atoms with van der Waals surface area (Å²) in [6.45, 7) is -0.593. The van der Waals surface area contributed by atoms with Gasteiger partial charge in [0.2, 0.25) is 0 Å². The SMILES string of the molecule is C/C=C/C(=O)OCC(F)(F)[C@H](F)C(F)(F)F. The van der Waals surface area contributed by atoms with Crippen molar-refractivity contribution in [1.29, 1.82) is 0 Å². The van der Waals surface area contributed by atoms with Gasteiger partial charge in [0.05, 0.1) is 0 Å². The van der Waals surface area contributed by atoms with Crippen LogP contribution < -0.4 is 0 Å². The van der Waals surface area contributed by atoms with Crippen molar-refractivity contribution in [1.82, 2.24) is 0 Å². The van der Waals surface area contributed by atoms with Crippen LogP contribution in [0, 0.1) is 0 Å². The molecule has 0 unspecified atom stereocenters. The van der Waals surface area contributed by atoms with Crippen molar-refractivity contribution in [3.05, 3.63) is 12.2 Å². The molecule has 0 heterocycles. The third-order valence-corrected chi connectivity index (χ3v) is 1.37. The summed E-state index contributed by atoms with van der Waals surface area (Å²) in [5.41, 5.74) is 0. The Labute approximate surface area is 86.9 Å². The lowest BCUT2D eigenvalue weighted by molar-refractivity contribution is -0.253. The van der Waals surface area contributed by atoms with Crippen molar-refractivity contribution in [2.45, 2.75) is 25.2 Å². The second-order valence-electron chi connectivity index (χ2n) is 2.77. The van der Waals surface area contributed by atoms with E-state index in [2.05, 4.69) is 4.74 Å². The van der Waals surface area contributed by atoms with Crippen LogP contribution in [0.25, 0.3) is 0 Å². The van der Waals surface area contributed by atoms with Gasteiger partial charge in [0.1, 0.15) is 0 Å². The predicted molar refractivity (Wildman–Crippen MR) is 41.7 cm³/mol. The van der Waals surface area contributed by atoms with Crippen LogP contribution >= 0.6 is 0 Å². The molecule has 0 N–H and O–H groups in total. The third-order valence-electron chi connectivity index (χ3n) is 1.37. The largest absolute Gasteiger partial charge is 0.456 e. The Morgan fingerprint density at radius 3 is 2.19 bits per heavy atom. The Morgan fingerprint density at radius 1 is 1.31 bits per heavy atom. The van der Waals surface area contributed by atoms with Gasteiger partial charge < -0.3 is 4.74 Å². The molecule has 16 heavy (non-hydrogen) atoms. The number of rotatable bonds is 4. The summed E-state index contributed by atoms with van der Waals surface area (Å²) in [7, 11) is 0. The van der Waals surface area contributed by atoms with E-state index in [1.54, 1.807) is 0 Å². The summed E-state index contributed by atoms with van der Waals surface area (Å²) in [6, 6.07) is 0. The Bertz CT molecular complexity index is 270. The molecule has 0 saturated carbocycles. The van der Waals surface area contributed by atoms with Crippen LogP contribution in [0.1, 0.15) is 6.92 Å². The average Bonchev–Trinajstić information content (AvgIpc) is 2.13. The number of ether oxygens (including phenoxy) is 1. The standard InChI is InChI=1S/C8H8F6O2/c1-2-3-5(15)16-4-7(10,11)6(9)8(12,13)14/h2-3,6H,4H2,1H3/b3-2+/t6-/m0/s1. The first-order valence-corrected chi connectivity index (χ1v) is 3.99. The molecule has 0 aliphatic heterocycles. The Kier molecular flexibility index (Phi) is 4.82. The monoisotopic (exact) mass is 250 g/mol. The molecule has 0 aliphatic rings. The van der Waals surface area contributed by atoms with Gasteiger partial charge in [-0.15, -0.1) is 0 Å². The second kappa shape index (κ2) is 5.22. The maximum Gasteiger partial charge on any atom is 0.425 e. The number of esters is 1. The molecule has 0 saturated heterocycles. The molecule has 0 bridgehead atoms. The number of allylic oxidation sites excluding steroid dienone is 1. The van der Waals surface area contributed by atoms with E-state index in [9.17, 15) is 31.1 Å². The minimum absolute atomic E-state index is 0.719. The molecule has 0 aliphatic carbocycles. The number of carbonyl (C=O) groups is 1. The smallest absolute Gasteiger partial charge is 0.425 e. The molecule has 1 atom stereocenters. The van der Waals surface area contributed by atoms with Crippen LogP contribution in [0.2, 0.25) is 0 Å². The van der Waals surface area contributed by atoms with Crippen molar-refractivity contribution in [3.63, 3.8) is 0 Å². The quantitative estimate of drug-likeness (QED) is 0.435. The lowest BCUT2D eigenvalue weighted by atomic mass is 10.2. The molecule has 0 spiro atoms. The van der Waals surface area contributed by atoms with Crippen LogP contribution in [0.3, 0.4) is 0 Å². The Hall–Kier alpha value is -1.21. The van der Waals surface area contributed by atoms with Gasteiger partial charge >= 0.3 is 18.1 Å². The van der Waals surface area contributed by atoms with Gasteiger partial charge in [-0.3, -0.25) is 0 Å². The van der Waals surface area contributed by atoms with Crippen LogP contribution in [0.4, 0.5) is 26.3 Å². The lowest BCUT2D eigenvalue weighted by Gasteiger charge is -2.21. The van der Waals surface area contributed by atoms with E-state index < -0.39 is 30.8 Å². The minimum atomic E-state index is -5.70. The first-order valence-electron chi connectivity index (χ1n) is 3.99. The zero-order chi connectivity index (χ0) is 13.0. The van der Waals surface area contributed by atoms with E-state index in [0.717, 1.165) is 12.2 Å². The molecule has 0 rings (SSSR count). The molecular weight excluding hydrogens is 242 g/mol. The second-order valence-corrected chi connectivity index (χ2v) is 2.77. The topological polar surface area (TPSA) is 26.3 Å². The lowest BCUT2D eigenvalue weighted by Crippen LogP contribution is -2.45. The van der Waals surface area contributed by atoms with Crippen molar-refractivity contribution in [2.24, 2.45) is 0 Å². The third kappa shape index (κ3) is 4.54. The zero-order valence-corrected chi connectivity index (χ0v) is 8.02. The van der Waals surface area contributed by atoms with E-state index in [0.29, 0.717) is 0 Å². The summed E-state index contributed by atoms with van der Waals surface area (Å²) in [5, 5.41) is 0. The molecule has 0 aromatic carbocycles. The molecule has 0 aromatic heterocycles. The van der Waals surface area contributed by atoms with Crippen LogP contribution in [0.5, 0.6) is 0 Å². The molecular formula is C8H8F6O2. The normalized spacial score (nSPS) is 15.2. The summed E-state index contributed by atoms with van der Waals surface area (Å²) in [4.78, 5) is 10.5. The van der Waals surface area contributed by atoms with Crippen LogP contribution in [0.15, 0.2) is 12.2 Å². The fraction of sp³-hybridized carbons (Fsp3) is 0.625. The molecule has 0 radical (unpaired) electrons. The van der Waals surface area contributed by atoms with Crippen LogP contribution in [-0.2, 0) is 9.53 Å². The molecule has 94 valence electrons. The zero-order valence-electron chi connectivity index (χ0n) is 8.02. The summed E-state index contributed by atoms with van der Waals surface area (Å²) in [5.74, 6) is -6.06. The van der Waals surface area contributed by atoms with Gasteiger partial charge in [0.15, 0.2) is 6.61 Å². The number of carbonyl (C=O) groups excluding carboxylic acids is 1. The first-order chi connectivity index (χ1) is 7.11. The highest BCUT2D eigenvalue weighted by molar-refractivity contribution is 5.81. The summed E-state index contributed by atoms with van der Waals surface area (Å²) >= 11 is 0. The van der Waals surface area contributed by atoms with Gasteiger partial charge in [0.25, 0.3) is 6.17 Å². The fourth-order valence-electron chi connectivity index (χ4n) is 0.664. The number of alkyl halides is 6. The highest BCUT2D eigenvalue weighted by Crippen LogP contribution is 2.34. The highest BCUT2D eigenvalue weighted by atomic mass is 19.4. The van der Waals surface area contributed by atoms with Crippen molar-refractivity contribution < 1.29 is 35.9 Å². The summed E-state index contributed by atoms with van der Waals surface area (Å²) in [6.07, 6.45) is -8.21. The maximum atomic E-state index is 12.5. The van der Waals surface area contributed by atoms with E-state index in [1.165, 1.54) is 6.92 Å². The predicted octanol–water partition coefficient (Wildman–Crippen LogP) is 2.64. The minimum Gasteiger partial charge on any atom is -0.456 e. The Balaban J connectivity index is 4.41. The summed E-state index contributed by atoms with van der Waals surface area (Å²) < 4.78 is 75.8. The van der Waals surface area contributed by atoms with E-state index in [1.807, 2.05) is 0 Å². The van der Waals surface area contributed by atoms with Crippen molar-refractivity contribution >= 4 is 5.97 Å². The Morgan fingerprint density at radius 2 is 1.81 bits per heavy atom. The van der Waals surface area contributed by atoms with Gasteiger partial charge in [-0.05, 0) is 6.92 Å². The molecule has 0 aromatic rings. The van der Waals surface area contributed by atoms with Gasteiger partial charge in [-0.1, -0.05) is 6.08 Å². The maximum absolute atomic E-state index is 12.5. The van der Waals surface area contributed by atoms with E-state index in [-0.39, 0.29) is 0 Å². The van der Waals surface area contributed by atoms with Gasteiger partial charge in [-0.25, -0.2) is 9.18 Å². The number of hydrogen-bond donors (Lipinski definition) is 0. The highest BCUT2D eigenvalue weighted by Gasteiger charge is 2.57.